The first-order valence-electron chi connectivity index (χ1n) is 6.92. The molecule has 1 amide bonds. The highest BCUT2D eigenvalue weighted by Crippen LogP contribution is 2.30. The van der Waals surface area contributed by atoms with Crippen molar-refractivity contribution in [2.45, 2.75) is 65.0 Å². The Hall–Kier alpha value is -0.770. The molecule has 4 heteroatoms. The molecule has 106 valence electrons. The van der Waals surface area contributed by atoms with Crippen LogP contribution in [0.2, 0.25) is 0 Å². The number of carbonyl (C=O) groups is 1. The van der Waals surface area contributed by atoms with E-state index in [0.717, 1.165) is 25.7 Å². The van der Waals surface area contributed by atoms with Crippen LogP contribution in [-0.2, 0) is 4.74 Å². The smallest absolute Gasteiger partial charge is 0.407 e. The fourth-order valence-corrected chi connectivity index (χ4v) is 2.48. The average molecular weight is 257 g/mol. The Morgan fingerprint density at radius 2 is 1.89 bits per heavy atom. The Morgan fingerprint density at radius 1 is 1.33 bits per heavy atom. The SMILES string of the molecule is CC(NC(=O)OC(C)(C)C)[C@H]1CC[C@H](CO)CC1. The molecule has 0 radical (unpaired) electrons. The molecular formula is C14H27NO3. The summed E-state index contributed by atoms with van der Waals surface area (Å²) in [5.41, 5.74) is -0.446. The van der Waals surface area contributed by atoms with Crippen LogP contribution >= 0.6 is 0 Å². The van der Waals surface area contributed by atoms with Gasteiger partial charge in [0.2, 0.25) is 0 Å². The number of carbonyl (C=O) groups excluding carboxylic acids is 1. The standard InChI is InChI=1S/C14H27NO3/c1-10(15-13(17)18-14(2,3)4)12-7-5-11(9-16)6-8-12/h10-12,16H,5-9H2,1-4H3,(H,15,17)/t10?,11-,12-. The molecule has 18 heavy (non-hydrogen) atoms. The minimum absolute atomic E-state index is 0.138. The molecule has 0 aromatic rings. The van der Waals surface area contributed by atoms with Gasteiger partial charge in [0, 0.05) is 12.6 Å². The highest BCUT2D eigenvalue weighted by atomic mass is 16.6. The predicted octanol–water partition coefficient (Wildman–Crippen LogP) is 2.70. The Balaban J connectivity index is 2.33. The number of aliphatic hydroxyl groups excluding tert-OH is 1. The number of alkyl carbamates (subject to hydrolysis) is 1. The largest absolute Gasteiger partial charge is 0.444 e. The molecule has 2 N–H and O–H groups in total. The van der Waals surface area contributed by atoms with Crippen molar-refractivity contribution in [2.24, 2.45) is 11.8 Å². The summed E-state index contributed by atoms with van der Waals surface area (Å²) < 4.78 is 5.25. The monoisotopic (exact) mass is 257 g/mol. The fraction of sp³-hybridized carbons (Fsp3) is 0.929. The van der Waals surface area contributed by atoms with Crippen molar-refractivity contribution >= 4 is 6.09 Å². The molecule has 1 unspecified atom stereocenters. The molecule has 1 aliphatic carbocycles. The molecule has 1 fully saturated rings. The van der Waals surface area contributed by atoms with Crippen molar-refractivity contribution in [1.82, 2.24) is 5.32 Å². The zero-order chi connectivity index (χ0) is 13.8. The van der Waals surface area contributed by atoms with Crippen molar-refractivity contribution in [1.29, 1.82) is 0 Å². The van der Waals surface area contributed by atoms with E-state index in [1.54, 1.807) is 0 Å². The highest BCUT2D eigenvalue weighted by Gasteiger charge is 2.27. The number of amides is 1. The van der Waals surface area contributed by atoms with Gasteiger partial charge < -0.3 is 15.2 Å². The van der Waals surface area contributed by atoms with Gasteiger partial charge in [0.25, 0.3) is 0 Å². The van der Waals surface area contributed by atoms with E-state index >= 15 is 0 Å². The molecule has 1 saturated carbocycles. The number of aliphatic hydroxyl groups is 1. The molecule has 1 atom stereocenters. The van der Waals surface area contributed by atoms with Gasteiger partial charge in [-0.3, -0.25) is 0 Å². The summed E-state index contributed by atoms with van der Waals surface area (Å²) in [7, 11) is 0. The maximum Gasteiger partial charge on any atom is 0.407 e. The van der Waals surface area contributed by atoms with Gasteiger partial charge in [-0.1, -0.05) is 0 Å². The summed E-state index contributed by atoms with van der Waals surface area (Å²) in [4.78, 5) is 11.7. The fourth-order valence-electron chi connectivity index (χ4n) is 2.48. The molecule has 0 bridgehead atoms. The molecule has 1 rings (SSSR count). The number of rotatable bonds is 3. The summed E-state index contributed by atoms with van der Waals surface area (Å²) in [6.07, 6.45) is 3.92. The molecule has 0 saturated heterocycles. The van der Waals surface area contributed by atoms with E-state index in [4.69, 9.17) is 9.84 Å². The predicted molar refractivity (Wildman–Crippen MR) is 71.4 cm³/mol. The minimum Gasteiger partial charge on any atom is -0.444 e. The zero-order valence-corrected chi connectivity index (χ0v) is 12.0. The van der Waals surface area contributed by atoms with Crippen LogP contribution in [0.4, 0.5) is 4.79 Å². The van der Waals surface area contributed by atoms with E-state index in [9.17, 15) is 4.79 Å². The van der Waals surface area contributed by atoms with Crippen molar-refractivity contribution in [3.05, 3.63) is 0 Å². The van der Waals surface area contributed by atoms with Gasteiger partial charge in [-0.05, 0) is 65.2 Å². The molecule has 0 aromatic heterocycles. The van der Waals surface area contributed by atoms with Crippen molar-refractivity contribution < 1.29 is 14.6 Å². The van der Waals surface area contributed by atoms with E-state index in [0.29, 0.717) is 18.4 Å². The van der Waals surface area contributed by atoms with Crippen molar-refractivity contribution in [2.75, 3.05) is 6.61 Å². The Kier molecular flexibility index (Phi) is 5.45. The van der Waals surface area contributed by atoms with Gasteiger partial charge >= 0.3 is 6.09 Å². The van der Waals surface area contributed by atoms with E-state index in [-0.39, 0.29) is 12.1 Å². The molecule has 0 aliphatic heterocycles. The summed E-state index contributed by atoms with van der Waals surface area (Å²) in [5.74, 6) is 0.954. The van der Waals surface area contributed by atoms with Gasteiger partial charge in [-0.25, -0.2) is 4.79 Å². The second kappa shape index (κ2) is 6.41. The van der Waals surface area contributed by atoms with Crippen LogP contribution in [-0.4, -0.2) is 29.4 Å². The quantitative estimate of drug-likeness (QED) is 0.817. The third-order valence-electron chi connectivity index (χ3n) is 3.60. The molecule has 1 aliphatic rings. The lowest BCUT2D eigenvalue weighted by Crippen LogP contribution is -2.42. The van der Waals surface area contributed by atoms with Crippen LogP contribution < -0.4 is 5.32 Å². The summed E-state index contributed by atoms with van der Waals surface area (Å²) in [6.45, 7) is 7.92. The number of nitrogens with one attached hydrogen (secondary N) is 1. The topological polar surface area (TPSA) is 58.6 Å². The lowest BCUT2D eigenvalue weighted by molar-refractivity contribution is 0.0475. The first-order valence-corrected chi connectivity index (χ1v) is 6.92. The molecular weight excluding hydrogens is 230 g/mol. The summed E-state index contributed by atoms with van der Waals surface area (Å²) in [5, 5.41) is 12.0. The van der Waals surface area contributed by atoms with Gasteiger partial charge in [0.05, 0.1) is 0 Å². The molecule has 0 aromatic carbocycles. The van der Waals surface area contributed by atoms with Gasteiger partial charge in [-0.2, -0.15) is 0 Å². The average Bonchev–Trinajstić information content (AvgIpc) is 2.26. The lowest BCUT2D eigenvalue weighted by atomic mass is 9.79. The number of ether oxygens (including phenoxy) is 1. The van der Waals surface area contributed by atoms with Crippen molar-refractivity contribution in [3.8, 4) is 0 Å². The van der Waals surface area contributed by atoms with Crippen LogP contribution in [0.5, 0.6) is 0 Å². The lowest BCUT2D eigenvalue weighted by Gasteiger charge is -2.32. The molecule has 0 spiro atoms. The third-order valence-corrected chi connectivity index (χ3v) is 3.60. The zero-order valence-electron chi connectivity index (χ0n) is 12.0. The number of hydrogen-bond donors (Lipinski definition) is 2. The van der Waals surface area contributed by atoms with Crippen LogP contribution in [0.15, 0.2) is 0 Å². The minimum atomic E-state index is -0.446. The van der Waals surface area contributed by atoms with E-state index in [1.807, 2.05) is 27.7 Å². The van der Waals surface area contributed by atoms with Gasteiger partial charge in [0.15, 0.2) is 0 Å². The van der Waals surface area contributed by atoms with Gasteiger partial charge in [-0.15, -0.1) is 0 Å². The second-order valence-corrected chi connectivity index (χ2v) is 6.40. The van der Waals surface area contributed by atoms with Crippen LogP contribution in [0.1, 0.15) is 53.4 Å². The van der Waals surface area contributed by atoms with Crippen LogP contribution in [0, 0.1) is 11.8 Å². The first-order chi connectivity index (χ1) is 8.31. The maximum atomic E-state index is 11.7. The molecule has 4 nitrogen and oxygen atoms in total. The van der Waals surface area contributed by atoms with Gasteiger partial charge in [0.1, 0.15) is 5.60 Å². The first kappa shape index (κ1) is 15.3. The maximum absolute atomic E-state index is 11.7. The summed E-state index contributed by atoms with van der Waals surface area (Å²) in [6, 6.07) is 0.138. The van der Waals surface area contributed by atoms with Crippen LogP contribution in [0.25, 0.3) is 0 Å². The Morgan fingerprint density at radius 3 is 2.33 bits per heavy atom. The third kappa shape index (κ3) is 5.25. The van der Waals surface area contributed by atoms with Crippen molar-refractivity contribution in [3.63, 3.8) is 0 Å². The van der Waals surface area contributed by atoms with E-state index in [1.165, 1.54) is 0 Å². The van der Waals surface area contributed by atoms with E-state index in [2.05, 4.69) is 5.32 Å². The molecule has 0 heterocycles. The summed E-state index contributed by atoms with van der Waals surface area (Å²) >= 11 is 0. The normalized spacial score (nSPS) is 26.5. The van der Waals surface area contributed by atoms with Crippen LogP contribution in [0.3, 0.4) is 0 Å². The Labute approximate surface area is 110 Å². The highest BCUT2D eigenvalue weighted by molar-refractivity contribution is 5.68. The number of hydrogen-bond acceptors (Lipinski definition) is 3. The second-order valence-electron chi connectivity index (χ2n) is 6.40. The van der Waals surface area contributed by atoms with E-state index < -0.39 is 5.60 Å². The Bertz CT molecular complexity index is 265.